The number of non-ortho nitro benzene ring substituents is 1. The van der Waals surface area contributed by atoms with Crippen molar-refractivity contribution in [2.24, 2.45) is 5.92 Å². The van der Waals surface area contributed by atoms with Crippen LogP contribution in [0, 0.1) is 27.9 Å². The minimum absolute atomic E-state index is 0.0619. The third-order valence-corrected chi connectivity index (χ3v) is 15.8. The van der Waals surface area contributed by atoms with Gasteiger partial charge in [-0.1, -0.05) is 97.5 Å². The number of hydrogen-bond acceptors (Lipinski definition) is 14. The number of fused-ring (bicyclic) bond motifs is 3. The Hall–Kier alpha value is -8.40. The minimum Gasteiger partial charge on any atom is -0.491 e. The number of anilines is 3. The van der Waals surface area contributed by atoms with Crippen LogP contribution in [0.25, 0.3) is 0 Å². The predicted octanol–water partition coefficient (Wildman–Crippen LogP) is 8.88. The van der Waals surface area contributed by atoms with Gasteiger partial charge in [0.1, 0.15) is 42.1 Å². The lowest BCUT2D eigenvalue weighted by molar-refractivity contribution is -0.384. The number of esters is 1. The Kier molecular flexibility index (Phi) is 15.0. The molecule has 79 heavy (non-hydrogen) atoms. The summed E-state index contributed by atoms with van der Waals surface area (Å²) in [7, 11) is 0. The van der Waals surface area contributed by atoms with E-state index in [4.69, 9.17) is 18.9 Å². The molecule has 6 aromatic carbocycles. The SMILES string of the molecule is O=C1O[C@@H](c2ccccc2)[C@@H](c2ccccc2)N2[C@@H](c3cccc(OCCO)c3)[C@]3(C(=O)N(C(=O)OCc4ccc([N+](=O)[O-])cc4)c4ccc(C#CC5(O)CCCCCC5)cc43)[C@@H](C(=O)Nc3ccc(N4CCOCC4)cc3)[C@H]12. The Balaban J connectivity index is 1.15. The van der Waals surface area contributed by atoms with Gasteiger partial charge >= 0.3 is 12.1 Å². The summed E-state index contributed by atoms with van der Waals surface area (Å²) in [6, 6.07) is 39.6. The van der Waals surface area contributed by atoms with E-state index in [2.05, 4.69) is 22.1 Å². The zero-order valence-electron chi connectivity index (χ0n) is 43.3. The Labute approximate surface area is 456 Å². The van der Waals surface area contributed by atoms with Gasteiger partial charge in [-0.15, -0.1) is 0 Å². The minimum atomic E-state index is -2.20. The average molecular weight is 1070 g/mol. The second-order valence-corrected chi connectivity index (χ2v) is 20.6. The quantitative estimate of drug-likeness (QED) is 0.0344. The Morgan fingerprint density at radius 1 is 0.785 bits per heavy atom. The lowest BCUT2D eigenvalue weighted by atomic mass is 9.65. The summed E-state index contributed by atoms with van der Waals surface area (Å²) in [6.45, 7) is 1.72. The summed E-state index contributed by atoms with van der Waals surface area (Å²) in [5.74, 6) is 2.63. The molecule has 17 nitrogen and oxygen atoms in total. The number of nitrogens with one attached hydrogen (secondary N) is 1. The van der Waals surface area contributed by atoms with E-state index in [0.717, 1.165) is 36.3 Å². The zero-order chi connectivity index (χ0) is 54.7. The molecule has 0 radical (unpaired) electrons. The molecule has 4 fully saturated rings. The number of carbonyl (C=O) groups excluding carboxylic acids is 4. The molecule has 1 aliphatic carbocycles. The second-order valence-electron chi connectivity index (χ2n) is 20.6. The van der Waals surface area contributed by atoms with E-state index in [-0.39, 0.29) is 36.8 Å². The summed E-state index contributed by atoms with van der Waals surface area (Å²) in [4.78, 5) is 79.9. The number of nitro groups is 1. The van der Waals surface area contributed by atoms with Crippen LogP contribution >= 0.6 is 0 Å². The van der Waals surface area contributed by atoms with Gasteiger partial charge in [0.2, 0.25) is 11.8 Å². The first-order valence-electron chi connectivity index (χ1n) is 26.8. The first-order chi connectivity index (χ1) is 38.5. The van der Waals surface area contributed by atoms with Crippen molar-refractivity contribution >= 4 is 46.6 Å². The normalized spacial score (nSPS) is 23.3. The Morgan fingerprint density at radius 3 is 2.15 bits per heavy atom. The number of aliphatic hydroxyl groups is 2. The molecule has 0 aromatic heterocycles. The molecule has 5 aliphatic rings. The third-order valence-electron chi connectivity index (χ3n) is 15.8. The number of imide groups is 1. The number of amides is 3. The van der Waals surface area contributed by atoms with E-state index in [9.17, 15) is 20.3 Å². The largest absolute Gasteiger partial charge is 0.491 e. The van der Waals surface area contributed by atoms with Gasteiger partial charge in [0.15, 0.2) is 0 Å². The van der Waals surface area contributed by atoms with E-state index < -0.39 is 70.0 Å². The molecule has 0 unspecified atom stereocenters. The van der Waals surface area contributed by atoms with Crippen molar-refractivity contribution in [3.63, 3.8) is 0 Å². The molecule has 6 atom stereocenters. The first kappa shape index (κ1) is 52.6. The van der Waals surface area contributed by atoms with Crippen molar-refractivity contribution in [2.75, 3.05) is 54.6 Å². The molecule has 3 saturated heterocycles. The maximum absolute atomic E-state index is 16.9. The lowest BCUT2D eigenvalue weighted by Crippen LogP contribution is -2.54. The van der Waals surface area contributed by atoms with Crippen molar-refractivity contribution in [2.45, 2.75) is 80.4 Å². The number of rotatable bonds is 12. The monoisotopic (exact) mass is 1070 g/mol. The molecule has 3 amide bonds. The molecule has 11 rings (SSSR count). The molecule has 6 aromatic rings. The van der Waals surface area contributed by atoms with E-state index in [0.29, 0.717) is 78.4 Å². The molecular weight excluding hydrogens is 1010 g/mol. The van der Waals surface area contributed by atoms with Crippen LogP contribution in [0.5, 0.6) is 5.75 Å². The van der Waals surface area contributed by atoms with Crippen LogP contribution in [0.15, 0.2) is 152 Å². The molecule has 4 aliphatic heterocycles. The van der Waals surface area contributed by atoms with Crippen LogP contribution in [-0.4, -0.2) is 95.1 Å². The van der Waals surface area contributed by atoms with E-state index >= 15 is 19.2 Å². The van der Waals surface area contributed by atoms with Gasteiger partial charge in [-0.05, 0) is 120 Å². The van der Waals surface area contributed by atoms with Crippen molar-refractivity contribution in [3.8, 4) is 17.6 Å². The van der Waals surface area contributed by atoms with Crippen LogP contribution in [0.1, 0.15) is 90.1 Å². The maximum Gasteiger partial charge on any atom is 0.421 e. The van der Waals surface area contributed by atoms with Crippen LogP contribution in [-0.2, 0) is 40.6 Å². The van der Waals surface area contributed by atoms with Gasteiger partial charge in [-0.2, -0.15) is 0 Å². The van der Waals surface area contributed by atoms with Gasteiger partial charge in [0, 0.05) is 42.2 Å². The number of nitro benzene ring substituents is 1. The molecule has 404 valence electrons. The summed E-state index contributed by atoms with van der Waals surface area (Å²) in [6.07, 6.45) is 2.35. The Bertz CT molecular complexity index is 3300. The van der Waals surface area contributed by atoms with E-state index in [1.54, 1.807) is 54.6 Å². The highest BCUT2D eigenvalue weighted by Crippen LogP contribution is 2.66. The smallest absolute Gasteiger partial charge is 0.421 e. The lowest BCUT2D eigenvalue weighted by Gasteiger charge is -2.46. The fourth-order valence-electron chi connectivity index (χ4n) is 12.3. The molecule has 0 bridgehead atoms. The highest BCUT2D eigenvalue weighted by atomic mass is 16.6. The molecule has 3 N–H and O–H groups in total. The number of morpholine rings is 2. The van der Waals surface area contributed by atoms with Crippen molar-refractivity contribution < 1.29 is 53.3 Å². The number of benzene rings is 6. The predicted molar refractivity (Wildman–Crippen MR) is 292 cm³/mol. The number of carbonyl (C=O) groups is 4. The second kappa shape index (κ2) is 22.5. The van der Waals surface area contributed by atoms with Gasteiger partial charge in [0.25, 0.3) is 5.69 Å². The average Bonchev–Trinajstić information content (AvgIpc) is 1.93. The topological polar surface area (TPSA) is 211 Å². The fourth-order valence-corrected chi connectivity index (χ4v) is 12.3. The van der Waals surface area contributed by atoms with E-state index in [1.807, 2.05) is 77.7 Å². The van der Waals surface area contributed by atoms with Crippen LogP contribution in [0.4, 0.5) is 27.5 Å². The summed E-state index contributed by atoms with van der Waals surface area (Å²) < 4.78 is 24.2. The number of aliphatic hydroxyl groups excluding tert-OH is 1. The standard InChI is InChI=1S/C62H59N5O12/c68-34-37-77-49-17-11-16-45(39-49)56-62(50-38-41(28-31-61(73)29-9-1-2-10-30-61)20-27-51(50)65(59(62)71)60(72)78-40-42-18-23-48(24-19-42)67(74)75)52(57(69)63-46-21-25-47(26-22-46)64-32-35-76-36-33-64)54-58(70)79-55(44-14-7-4-8-15-44)53(66(54)56)43-12-5-3-6-13-43/h3-8,11-27,38-39,52-56,68,73H,1-2,9-10,29-30,32-37,40H2,(H,63,69)/t52-,53-,54-,55+,56+,62-/m1/s1. The van der Waals surface area contributed by atoms with Gasteiger partial charge < -0.3 is 39.4 Å². The van der Waals surface area contributed by atoms with Crippen LogP contribution < -0.4 is 19.9 Å². The highest BCUT2D eigenvalue weighted by Gasteiger charge is 2.76. The van der Waals surface area contributed by atoms with Crippen LogP contribution in [0.2, 0.25) is 0 Å². The fraction of sp³-hybridized carbons (Fsp3) is 0.323. The van der Waals surface area contributed by atoms with Crippen LogP contribution in [0.3, 0.4) is 0 Å². The number of hydrogen-bond donors (Lipinski definition) is 3. The first-order valence-corrected chi connectivity index (χ1v) is 26.8. The van der Waals surface area contributed by atoms with Crippen molar-refractivity contribution in [1.82, 2.24) is 4.90 Å². The van der Waals surface area contributed by atoms with Gasteiger partial charge in [0.05, 0.1) is 48.4 Å². The molecule has 17 heteroatoms. The summed E-state index contributed by atoms with van der Waals surface area (Å²) >= 11 is 0. The molecule has 4 heterocycles. The summed E-state index contributed by atoms with van der Waals surface area (Å²) in [5, 5.41) is 36.4. The number of cyclic esters (lactones) is 1. The third kappa shape index (κ3) is 10.2. The summed E-state index contributed by atoms with van der Waals surface area (Å²) in [5.41, 5.74) is 0.412. The zero-order valence-corrected chi connectivity index (χ0v) is 43.3. The Morgan fingerprint density at radius 2 is 1.47 bits per heavy atom. The molecular formula is C62H59N5O12. The van der Waals surface area contributed by atoms with Gasteiger partial charge in [-0.3, -0.25) is 29.4 Å². The highest BCUT2D eigenvalue weighted by molar-refractivity contribution is 6.24. The maximum atomic E-state index is 16.9. The van der Waals surface area contributed by atoms with Gasteiger partial charge in [-0.25, -0.2) is 9.69 Å². The number of ether oxygens (including phenoxy) is 4. The van der Waals surface area contributed by atoms with E-state index in [1.165, 1.54) is 24.3 Å². The molecule has 1 spiro atoms. The molecule has 1 saturated carbocycles. The van der Waals surface area contributed by atoms with Crippen molar-refractivity contribution in [3.05, 3.63) is 195 Å². The number of nitrogens with zero attached hydrogens (tertiary/aromatic N) is 4. The van der Waals surface area contributed by atoms with Crippen molar-refractivity contribution in [1.29, 1.82) is 0 Å².